The molecule has 160 valence electrons. The summed E-state index contributed by atoms with van der Waals surface area (Å²) in [7, 11) is 1.83. The second-order valence-corrected chi connectivity index (χ2v) is 7.67. The predicted octanol–water partition coefficient (Wildman–Crippen LogP) is 2.09. The maximum Gasteiger partial charge on any atom is 0.282 e. The molecule has 1 unspecified atom stereocenters. The van der Waals surface area contributed by atoms with Crippen molar-refractivity contribution in [3.8, 4) is 11.5 Å². The fraction of sp³-hybridized carbons (Fsp3) is 0.250. The van der Waals surface area contributed by atoms with Crippen LogP contribution in [0.15, 0.2) is 60.7 Å². The molecule has 0 radical (unpaired) electrons. The Hall–Kier alpha value is -3.58. The summed E-state index contributed by atoms with van der Waals surface area (Å²) in [5.74, 6) is 0.969. The number of carbonyl (C=O) groups excluding carboxylic acids is 2. The van der Waals surface area contributed by atoms with Crippen LogP contribution in [0.5, 0.6) is 11.5 Å². The number of rotatable bonds is 6. The SMILES string of the molecule is C[C@H](C(=O)Nc1ccc2c(c1)OCCO2)[NH+](C)CC(=O)Nc1cccc2ccccc12. The van der Waals surface area contributed by atoms with Crippen LogP contribution < -0.4 is 25.0 Å². The van der Waals surface area contributed by atoms with Crippen molar-refractivity contribution in [2.45, 2.75) is 13.0 Å². The lowest BCUT2D eigenvalue weighted by Gasteiger charge is -2.22. The van der Waals surface area contributed by atoms with Crippen molar-refractivity contribution in [1.29, 1.82) is 0 Å². The van der Waals surface area contributed by atoms with Crippen LogP contribution in [0.2, 0.25) is 0 Å². The van der Waals surface area contributed by atoms with E-state index in [4.69, 9.17) is 9.47 Å². The van der Waals surface area contributed by atoms with Gasteiger partial charge in [-0.05, 0) is 30.5 Å². The monoisotopic (exact) mass is 420 g/mol. The highest BCUT2D eigenvalue weighted by Crippen LogP contribution is 2.32. The molecular weight excluding hydrogens is 394 g/mol. The molecule has 0 saturated carbocycles. The van der Waals surface area contributed by atoms with E-state index in [-0.39, 0.29) is 18.4 Å². The van der Waals surface area contributed by atoms with E-state index < -0.39 is 6.04 Å². The predicted molar refractivity (Wildman–Crippen MR) is 120 cm³/mol. The minimum absolute atomic E-state index is 0.146. The molecule has 2 amide bonds. The summed E-state index contributed by atoms with van der Waals surface area (Å²) in [5, 5.41) is 7.91. The Bertz CT molecular complexity index is 1110. The summed E-state index contributed by atoms with van der Waals surface area (Å²) in [6, 6.07) is 18.6. The third-order valence-electron chi connectivity index (χ3n) is 5.45. The Morgan fingerprint density at radius 3 is 2.55 bits per heavy atom. The highest BCUT2D eigenvalue weighted by Gasteiger charge is 2.25. The number of benzene rings is 3. The number of likely N-dealkylation sites (N-methyl/N-ethyl adjacent to an activating group) is 1. The minimum atomic E-state index is -0.425. The van der Waals surface area contributed by atoms with Gasteiger partial charge in [-0.3, -0.25) is 9.59 Å². The number of ether oxygens (including phenoxy) is 2. The van der Waals surface area contributed by atoms with Crippen LogP contribution in [0.3, 0.4) is 0 Å². The molecule has 1 aliphatic heterocycles. The van der Waals surface area contributed by atoms with Crippen LogP contribution in [-0.4, -0.2) is 44.7 Å². The zero-order valence-electron chi connectivity index (χ0n) is 17.6. The average Bonchev–Trinajstić information content (AvgIpc) is 2.78. The van der Waals surface area contributed by atoms with Gasteiger partial charge in [0.1, 0.15) is 13.2 Å². The van der Waals surface area contributed by atoms with E-state index in [0.29, 0.717) is 30.4 Å². The molecule has 0 spiro atoms. The van der Waals surface area contributed by atoms with Crippen molar-refractivity contribution in [2.24, 2.45) is 0 Å². The molecular formula is C24H26N3O4+. The van der Waals surface area contributed by atoms with Crippen LogP contribution in [0, 0.1) is 0 Å². The van der Waals surface area contributed by atoms with Gasteiger partial charge in [-0.1, -0.05) is 36.4 Å². The number of hydrogen-bond donors (Lipinski definition) is 3. The fourth-order valence-corrected chi connectivity index (χ4v) is 3.53. The van der Waals surface area contributed by atoms with Gasteiger partial charge in [-0.25, -0.2) is 0 Å². The zero-order valence-corrected chi connectivity index (χ0v) is 17.6. The highest BCUT2D eigenvalue weighted by atomic mass is 16.6. The Labute approximate surface area is 180 Å². The van der Waals surface area contributed by atoms with Gasteiger partial charge in [0.05, 0.1) is 7.05 Å². The van der Waals surface area contributed by atoms with Crippen LogP contribution in [0.4, 0.5) is 11.4 Å². The van der Waals surface area contributed by atoms with Gasteiger partial charge in [0.2, 0.25) is 0 Å². The number of amides is 2. The first-order chi connectivity index (χ1) is 15.0. The van der Waals surface area contributed by atoms with Crippen molar-refractivity contribution in [3.63, 3.8) is 0 Å². The first-order valence-electron chi connectivity index (χ1n) is 10.3. The van der Waals surface area contributed by atoms with Crippen LogP contribution in [-0.2, 0) is 9.59 Å². The molecule has 1 aliphatic rings. The van der Waals surface area contributed by atoms with Crippen molar-refractivity contribution >= 4 is 34.0 Å². The van der Waals surface area contributed by atoms with E-state index >= 15 is 0 Å². The number of quaternary nitrogens is 1. The molecule has 2 atom stereocenters. The van der Waals surface area contributed by atoms with Crippen LogP contribution >= 0.6 is 0 Å². The first kappa shape index (κ1) is 20.7. The lowest BCUT2D eigenvalue weighted by Crippen LogP contribution is -3.14. The van der Waals surface area contributed by atoms with Crippen LogP contribution in [0.1, 0.15) is 6.92 Å². The summed E-state index contributed by atoms with van der Waals surface area (Å²) in [6.07, 6.45) is 0. The molecule has 0 aromatic heterocycles. The van der Waals surface area contributed by atoms with E-state index in [0.717, 1.165) is 21.4 Å². The number of hydrogen-bond acceptors (Lipinski definition) is 4. The number of fused-ring (bicyclic) bond motifs is 2. The van der Waals surface area contributed by atoms with Crippen molar-refractivity contribution in [1.82, 2.24) is 0 Å². The Kier molecular flexibility index (Phi) is 6.04. The zero-order chi connectivity index (χ0) is 21.8. The molecule has 7 nitrogen and oxygen atoms in total. The molecule has 0 bridgehead atoms. The summed E-state index contributed by atoms with van der Waals surface area (Å²) >= 11 is 0. The van der Waals surface area contributed by atoms with Crippen LogP contribution in [0.25, 0.3) is 10.8 Å². The third kappa shape index (κ3) is 4.78. The smallest absolute Gasteiger partial charge is 0.282 e. The second kappa shape index (κ2) is 9.06. The molecule has 4 rings (SSSR count). The van der Waals surface area contributed by atoms with Crippen molar-refractivity contribution in [3.05, 3.63) is 60.7 Å². The van der Waals surface area contributed by atoms with Gasteiger partial charge in [-0.15, -0.1) is 0 Å². The third-order valence-corrected chi connectivity index (χ3v) is 5.45. The minimum Gasteiger partial charge on any atom is -0.486 e. The van der Waals surface area contributed by atoms with Gasteiger partial charge in [0.25, 0.3) is 11.8 Å². The Morgan fingerprint density at radius 1 is 0.968 bits per heavy atom. The van der Waals surface area contributed by atoms with Gasteiger partial charge in [0, 0.05) is 22.8 Å². The molecule has 3 N–H and O–H groups in total. The van der Waals surface area contributed by atoms with E-state index in [1.54, 1.807) is 25.1 Å². The van der Waals surface area contributed by atoms with E-state index in [9.17, 15) is 9.59 Å². The second-order valence-electron chi connectivity index (χ2n) is 7.67. The molecule has 31 heavy (non-hydrogen) atoms. The van der Waals surface area contributed by atoms with E-state index in [2.05, 4.69) is 10.6 Å². The highest BCUT2D eigenvalue weighted by molar-refractivity contribution is 6.02. The Balaban J connectivity index is 1.35. The quantitative estimate of drug-likeness (QED) is 0.571. The van der Waals surface area contributed by atoms with Gasteiger partial charge < -0.3 is 25.0 Å². The standard InChI is InChI=1S/C24H25N3O4/c1-16(24(29)25-18-10-11-21-22(14-18)31-13-12-30-21)27(2)15-23(28)26-20-9-5-7-17-6-3-4-8-19(17)20/h3-11,14,16H,12-13,15H2,1-2H3,(H,25,29)(H,26,28)/p+1/t16-/m1/s1. The maximum atomic E-state index is 12.7. The topological polar surface area (TPSA) is 81.1 Å². The summed E-state index contributed by atoms with van der Waals surface area (Å²) in [5.41, 5.74) is 1.40. The average molecular weight is 420 g/mol. The Morgan fingerprint density at radius 2 is 1.71 bits per heavy atom. The lowest BCUT2D eigenvalue weighted by atomic mass is 10.1. The van der Waals surface area contributed by atoms with Gasteiger partial charge in [-0.2, -0.15) is 0 Å². The molecule has 0 fully saturated rings. The molecule has 1 heterocycles. The van der Waals surface area contributed by atoms with Gasteiger partial charge in [0.15, 0.2) is 24.1 Å². The van der Waals surface area contributed by atoms with Gasteiger partial charge >= 0.3 is 0 Å². The molecule has 0 saturated heterocycles. The summed E-state index contributed by atoms with van der Waals surface area (Å²) < 4.78 is 11.1. The summed E-state index contributed by atoms with van der Waals surface area (Å²) in [4.78, 5) is 26.1. The van der Waals surface area contributed by atoms with Crippen molar-refractivity contribution < 1.29 is 24.0 Å². The summed E-state index contributed by atoms with van der Waals surface area (Å²) in [6.45, 7) is 2.97. The normalized spacial score (nSPS) is 14.5. The number of carbonyl (C=O) groups is 2. The molecule has 0 aliphatic carbocycles. The maximum absolute atomic E-state index is 12.7. The fourth-order valence-electron chi connectivity index (χ4n) is 3.53. The number of nitrogens with one attached hydrogen (secondary N) is 3. The first-order valence-corrected chi connectivity index (χ1v) is 10.3. The molecule has 7 heteroatoms. The van der Waals surface area contributed by atoms with E-state index in [1.165, 1.54) is 0 Å². The number of anilines is 2. The lowest BCUT2D eigenvalue weighted by molar-refractivity contribution is -0.885. The van der Waals surface area contributed by atoms with Crippen molar-refractivity contribution in [2.75, 3.05) is 37.4 Å². The molecule has 3 aromatic carbocycles. The van der Waals surface area contributed by atoms with E-state index in [1.807, 2.05) is 49.5 Å². The molecule has 3 aromatic rings. The largest absolute Gasteiger partial charge is 0.486 e.